The summed E-state index contributed by atoms with van der Waals surface area (Å²) < 4.78 is 4.75. The summed E-state index contributed by atoms with van der Waals surface area (Å²) >= 11 is 0. The second-order valence-corrected chi connectivity index (χ2v) is 4.96. The minimum absolute atomic E-state index is 0.0183. The Bertz CT molecular complexity index is 543. The van der Waals surface area contributed by atoms with Crippen LogP contribution in [0.1, 0.15) is 30.9 Å². The van der Waals surface area contributed by atoms with Crippen molar-refractivity contribution in [2.45, 2.75) is 39.2 Å². The van der Waals surface area contributed by atoms with E-state index in [1.165, 1.54) is 0 Å². The molecule has 1 rings (SSSR count). The van der Waals surface area contributed by atoms with E-state index in [4.69, 9.17) is 10.5 Å². The molecule has 0 radical (unpaired) electrons. The third-order valence-corrected chi connectivity index (χ3v) is 3.23. The summed E-state index contributed by atoms with van der Waals surface area (Å²) in [6, 6.07) is 6.78. The SMILES string of the molecule is CCOC(=O)CCC(=O)N[C@H](Cc1ccccc1C)C(N)=O. The highest BCUT2D eigenvalue weighted by molar-refractivity contribution is 5.88. The summed E-state index contributed by atoms with van der Waals surface area (Å²) in [7, 11) is 0. The first-order valence-corrected chi connectivity index (χ1v) is 7.22. The van der Waals surface area contributed by atoms with Gasteiger partial charge in [0.25, 0.3) is 0 Å². The second-order valence-electron chi connectivity index (χ2n) is 4.96. The molecular weight excluding hydrogens is 284 g/mol. The maximum atomic E-state index is 11.8. The molecule has 0 heterocycles. The first-order valence-electron chi connectivity index (χ1n) is 7.22. The summed E-state index contributed by atoms with van der Waals surface area (Å²) in [6.45, 7) is 3.90. The van der Waals surface area contributed by atoms with Crippen molar-refractivity contribution in [3.05, 3.63) is 35.4 Å². The molecule has 0 aliphatic carbocycles. The molecule has 0 unspecified atom stereocenters. The van der Waals surface area contributed by atoms with Crippen LogP contribution in [0.15, 0.2) is 24.3 Å². The summed E-state index contributed by atoms with van der Waals surface area (Å²) in [5.41, 5.74) is 7.31. The number of carbonyl (C=O) groups excluding carboxylic acids is 3. The molecule has 22 heavy (non-hydrogen) atoms. The first-order chi connectivity index (χ1) is 10.4. The van der Waals surface area contributed by atoms with Crippen molar-refractivity contribution in [3.63, 3.8) is 0 Å². The topological polar surface area (TPSA) is 98.5 Å². The first kappa shape index (κ1) is 17.7. The number of primary amides is 1. The van der Waals surface area contributed by atoms with E-state index in [0.717, 1.165) is 11.1 Å². The molecule has 0 aliphatic rings. The van der Waals surface area contributed by atoms with Crippen LogP contribution in [0.3, 0.4) is 0 Å². The van der Waals surface area contributed by atoms with Gasteiger partial charge in [-0.15, -0.1) is 0 Å². The fourth-order valence-corrected chi connectivity index (χ4v) is 2.00. The molecule has 0 fully saturated rings. The fourth-order valence-electron chi connectivity index (χ4n) is 2.00. The van der Waals surface area contributed by atoms with Gasteiger partial charge in [-0.05, 0) is 25.0 Å². The van der Waals surface area contributed by atoms with Crippen LogP contribution in [-0.2, 0) is 25.5 Å². The Labute approximate surface area is 130 Å². The third kappa shape index (κ3) is 5.95. The van der Waals surface area contributed by atoms with Crippen LogP contribution in [0.5, 0.6) is 0 Å². The van der Waals surface area contributed by atoms with E-state index in [1.807, 2.05) is 31.2 Å². The quantitative estimate of drug-likeness (QED) is 0.696. The van der Waals surface area contributed by atoms with Crippen LogP contribution in [0.25, 0.3) is 0 Å². The number of rotatable bonds is 8. The van der Waals surface area contributed by atoms with Crippen LogP contribution >= 0.6 is 0 Å². The second kappa shape index (κ2) is 8.81. The summed E-state index contributed by atoms with van der Waals surface area (Å²) in [5.74, 6) is -1.44. The molecule has 0 saturated heterocycles. The predicted molar refractivity (Wildman–Crippen MR) is 81.9 cm³/mol. The normalized spacial score (nSPS) is 11.5. The molecule has 0 aromatic heterocycles. The van der Waals surface area contributed by atoms with Gasteiger partial charge in [-0.3, -0.25) is 14.4 Å². The Morgan fingerprint density at radius 1 is 1.23 bits per heavy atom. The van der Waals surface area contributed by atoms with Crippen molar-refractivity contribution in [1.29, 1.82) is 0 Å². The lowest BCUT2D eigenvalue weighted by Gasteiger charge is -2.16. The monoisotopic (exact) mass is 306 g/mol. The number of hydrogen-bond donors (Lipinski definition) is 2. The lowest BCUT2D eigenvalue weighted by atomic mass is 10.0. The van der Waals surface area contributed by atoms with E-state index in [0.29, 0.717) is 6.42 Å². The van der Waals surface area contributed by atoms with Crippen LogP contribution in [0.2, 0.25) is 0 Å². The molecular formula is C16H22N2O4. The Balaban J connectivity index is 2.58. The van der Waals surface area contributed by atoms with Gasteiger partial charge in [0.2, 0.25) is 11.8 Å². The molecule has 1 aromatic rings. The number of benzene rings is 1. The van der Waals surface area contributed by atoms with E-state index in [-0.39, 0.29) is 19.4 Å². The summed E-state index contributed by atoms with van der Waals surface area (Å²) in [4.78, 5) is 34.5. The molecule has 0 aliphatic heterocycles. The van der Waals surface area contributed by atoms with Gasteiger partial charge in [-0.1, -0.05) is 24.3 Å². The molecule has 6 heteroatoms. The standard InChI is InChI=1S/C16H22N2O4/c1-3-22-15(20)9-8-14(19)18-13(16(17)21)10-12-7-5-4-6-11(12)2/h4-7,13H,3,8-10H2,1-2H3,(H2,17,21)(H,18,19)/t13-/m1/s1. The van der Waals surface area contributed by atoms with Crippen molar-refractivity contribution >= 4 is 17.8 Å². The molecule has 2 amide bonds. The Morgan fingerprint density at radius 2 is 1.91 bits per heavy atom. The van der Waals surface area contributed by atoms with Gasteiger partial charge in [0.05, 0.1) is 13.0 Å². The number of aryl methyl sites for hydroxylation is 1. The molecule has 0 bridgehead atoms. The number of ether oxygens (including phenoxy) is 1. The maximum Gasteiger partial charge on any atom is 0.306 e. The number of amides is 2. The van der Waals surface area contributed by atoms with E-state index in [2.05, 4.69) is 5.32 Å². The Kier molecular flexibility index (Phi) is 7.08. The minimum atomic E-state index is -0.796. The minimum Gasteiger partial charge on any atom is -0.466 e. The van der Waals surface area contributed by atoms with Gasteiger partial charge >= 0.3 is 5.97 Å². The van der Waals surface area contributed by atoms with Crippen LogP contribution in [0, 0.1) is 6.92 Å². The number of nitrogens with two attached hydrogens (primary N) is 1. The molecule has 0 spiro atoms. The van der Waals surface area contributed by atoms with Crippen LogP contribution in [-0.4, -0.2) is 30.4 Å². The highest BCUT2D eigenvalue weighted by Gasteiger charge is 2.19. The smallest absolute Gasteiger partial charge is 0.306 e. The van der Waals surface area contributed by atoms with E-state index in [1.54, 1.807) is 6.92 Å². The fraction of sp³-hybridized carbons (Fsp3) is 0.438. The van der Waals surface area contributed by atoms with Gasteiger partial charge < -0.3 is 15.8 Å². The number of hydrogen-bond acceptors (Lipinski definition) is 4. The van der Waals surface area contributed by atoms with Crippen molar-refractivity contribution in [3.8, 4) is 0 Å². The lowest BCUT2D eigenvalue weighted by molar-refractivity contribution is -0.144. The zero-order chi connectivity index (χ0) is 16.5. The average Bonchev–Trinajstić information content (AvgIpc) is 2.47. The van der Waals surface area contributed by atoms with E-state index < -0.39 is 23.8 Å². The summed E-state index contributed by atoms with van der Waals surface area (Å²) in [6.07, 6.45) is 0.277. The highest BCUT2D eigenvalue weighted by Crippen LogP contribution is 2.10. The lowest BCUT2D eigenvalue weighted by Crippen LogP contribution is -2.46. The molecule has 1 atom stereocenters. The largest absolute Gasteiger partial charge is 0.466 e. The molecule has 0 saturated carbocycles. The van der Waals surface area contributed by atoms with Crippen molar-refractivity contribution in [2.24, 2.45) is 5.73 Å². The third-order valence-electron chi connectivity index (χ3n) is 3.23. The van der Waals surface area contributed by atoms with Gasteiger partial charge in [0.1, 0.15) is 6.04 Å². The molecule has 120 valence electrons. The van der Waals surface area contributed by atoms with Gasteiger partial charge in [0.15, 0.2) is 0 Å². The van der Waals surface area contributed by atoms with E-state index >= 15 is 0 Å². The van der Waals surface area contributed by atoms with Crippen LogP contribution < -0.4 is 11.1 Å². The maximum absolute atomic E-state index is 11.8. The predicted octanol–water partition coefficient (Wildman–Crippen LogP) is 0.851. The Hall–Kier alpha value is -2.37. The number of esters is 1. The highest BCUT2D eigenvalue weighted by atomic mass is 16.5. The molecule has 3 N–H and O–H groups in total. The van der Waals surface area contributed by atoms with E-state index in [9.17, 15) is 14.4 Å². The van der Waals surface area contributed by atoms with Gasteiger partial charge in [-0.2, -0.15) is 0 Å². The van der Waals surface area contributed by atoms with Crippen molar-refractivity contribution in [2.75, 3.05) is 6.61 Å². The van der Waals surface area contributed by atoms with Crippen molar-refractivity contribution < 1.29 is 19.1 Å². The van der Waals surface area contributed by atoms with Crippen LogP contribution in [0.4, 0.5) is 0 Å². The molecule has 1 aromatic carbocycles. The Morgan fingerprint density at radius 3 is 2.50 bits per heavy atom. The van der Waals surface area contributed by atoms with Crippen molar-refractivity contribution in [1.82, 2.24) is 5.32 Å². The van der Waals surface area contributed by atoms with Gasteiger partial charge in [-0.25, -0.2) is 0 Å². The zero-order valence-corrected chi connectivity index (χ0v) is 12.9. The average molecular weight is 306 g/mol. The zero-order valence-electron chi connectivity index (χ0n) is 12.9. The number of nitrogens with one attached hydrogen (secondary N) is 1. The summed E-state index contributed by atoms with van der Waals surface area (Å²) in [5, 5.41) is 2.57. The number of carbonyl (C=O) groups is 3. The van der Waals surface area contributed by atoms with Gasteiger partial charge in [0, 0.05) is 12.8 Å². The molecule has 6 nitrogen and oxygen atoms in total.